The summed E-state index contributed by atoms with van der Waals surface area (Å²) < 4.78 is 5.41. The molecule has 0 radical (unpaired) electrons. The summed E-state index contributed by atoms with van der Waals surface area (Å²) in [5.74, 6) is -0.342. The van der Waals surface area contributed by atoms with Crippen LogP contribution >= 0.6 is 0 Å². The molecule has 6 heteroatoms. The first-order chi connectivity index (χ1) is 14.7. The average molecular weight is 418 g/mol. The number of carbonyl (C=O) groups excluding carboxylic acids is 2. The van der Waals surface area contributed by atoms with E-state index in [2.05, 4.69) is 12.2 Å². The SMILES string of the molecule is CCCc1ccc([C@]2(C)NC(=O)N(Cc3cc(=O)oc4c(C)c(C)ccc34)C2=O)cc1. The number of urea groups is 1. The molecular weight excluding hydrogens is 392 g/mol. The Labute approximate surface area is 180 Å². The molecule has 1 aliphatic heterocycles. The molecule has 2 heterocycles. The Bertz CT molecular complexity index is 1240. The number of rotatable bonds is 5. The van der Waals surface area contributed by atoms with Gasteiger partial charge in [-0.1, -0.05) is 49.7 Å². The van der Waals surface area contributed by atoms with Crippen LogP contribution in [-0.2, 0) is 23.3 Å². The zero-order valence-electron chi connectivity index (χ0n) is 18.2. The molecule has 0 unspecified atom stereocenters. The van der Waals surface area contributed by atoms with E-state index >= 15 is 0 Å². The molecule has 1 aromatic heterocycles. The highest BCUT2D eigenvalue weighted by Gasteiger charge is 2.49. The Kier molecular flexibility index (Phi) is 5.17. The minimum atomic E-state index is -1.15. The van der Waals surface area contributed by atoms with Gasteiger partial charge in [0.25, 0.3) is 5.91 Å². The van der Waals surface area contributed by atoms with Gasteiger partial charge in [-0.25, -0.2) is 9.59 Å². The summed E-state index contributed by atoms with van der Waals surface area (Å²) >= 11 is 0. The van der Waals surface area contributed by atoms with Crippen LogP contribution in [0.4, 0.5) is 4.79 Å². The van der Waals surface area contributed by atoms with Crippen molar-refractivity contribution in [3.8, 4) is 0 Å². The summed E-state index contributed by atoms with van der Waals surface area (Å²) in [4.78, 5) is 39.5. The summed E-state index contributed by atoms with van der Waals surface area (Å²) in [6, 6.07) is 12.5. The second-order valence-corrected chi connectivity index (χ2v) is 8.37. The molecule has 0 saturated carbocycles. The standard InChI is InChI=1S/C25H26N2O4/c1-5-6-17-8-10-19(11-9-17)25(4)23(29)27(24(30)26-25)14-18-13-21(28)31-22-16(3)15(2)7-12-20(18)22/h7-13H,5-6,14H2,1-4H3,(H,26,30)/t25-/m0/s1. The number of hydrogen-bond donors (Lipinski definition) is 1. The van der Waals surface area contributed by atoms with E-state index in [0.717, 1.165) is 34.9 Å². The van der Waals surface area contributed by atoms with Gasteiger partial charge >= 0.3 is 11.7 Å². The number of carbonyl (C=O) groups is 2. The zero-order valence-corrected chi connectivity index (χ0v) is 18.2. The van der Waals surface area contributed by atoms with Gasteiger partial charge in [0.1, 0.15) is 11.1 Å². The molecule has 0 spiro atoms. The van der Waals surface area contributed by atoms with Crippen LogP contribution in [0.15, 0.2) is 51.7 Å². The summed E-state index contributed by atoms with van der Waals surface area (Å²) in [7, 11) is 0. The van der Waals surface area contributed by atoms with Crippen LogP contribution in [0.5, 0.6) is 0 Å². The second kappa shape index (κ2) is 7.69. The molecule has 3 aromatic rings. The predicted octanol–water partition coefficient (Wildman–Crippen LogP) is 4.33. The topological polar surface area (TPSA) is 79.6 Å². The maximum Gasteiger partial charge on any atom is 0.336 e. The van der Waals surface area contributed by atoms with Crippen molar-refractivity contribution in [2.45, 2.75) is 52.6 Å². The van der Waals surface area contributed by atoms with Crippen LogP contribution in [-0.4, -0.2) is 16.8 Å². The van der Waals surface area contributed by atoms with Crippen molar-refractivity contribution >= 4 is 22.9 Å². The second-order valence-electron chi connectivity index (χ2n) is 8.37. The molecule has 4 rings (SSSR count). The van der Waals surface area contributed by atoms with Gasteiger partial charge in [0.2, 0.25) is 0 Å². The molecule has 6 nitrogen and oxygen atoms in total. The highest BCUT2D eigenvalue weighted by molar-refractivity contribution is 6.07. The van der Waals surface area contributed by atoms with E-state index in [0.29, 0.717) is 11.1 Å². The van der Waals surface area contributed by atoms with Gasteiger partial charge in [-0.3, -0.25) is 9.69 Å². The molecule has 2 aromatic carbocycles. The lowest BCUT2D eigenvalue weighted by Gasteiger charge is -2.22. The quantitative estimate of drug-likeness (QED) is 0.494. The number of nitrogens with zero attached hydrogens (tertiary/aromatic N) is 1. The molecule has 1 N–H and O–H groups in total. The molecule has 0 bridgehead atoms. The Balaban J connectivity index is 1.69. The zero-order chi connectivity index (χ0) is 22.3. The van der Waals surface area contributed by atoms with Crippen LogP contribution < -0.4 is 10.9 Å². The summed E-state index contributed by atoms with van der Waals surface area (Å²) in [5, 5.41) is 3.56. The van der Waals surface area contributed by atoms with E-state index < -0.39 is 17.2 Å². The minimum Gasteiger partial charge on any atom is -0.422 e. The fraction of sp³-hybridized carbons (Fsp3) is 0.320. The fourth-order valence-corrected chi connectivity index (χ4v) is 4.16. The van der Waals surface area contributed by atoms with Crippen molar-refractivity contribution in [2.24, 2.45) is 0 Å². The van der Waals surface area contributed by atoms with E-state index in [4.69, 9.17) is 4.42 Å². The number of imide groups is 1. The molecule has 1 atom stereocenters. The molecular formula is C25H26N2O4. The van der Waals surface area contributed by atoms with E-state index in [-0.39, 0.29) is 12.5 Å². The first kappa shape index (κ1) is 20.8. The number of aryl methyl sites for hydroxylation is 3. The third-order valence-corrected chi connectivity index (χ3v) is 6.19. The number of nitrogens with one attached hydrogen (secondary N) is 1. The number of benzene rings is 2. The van der Waals surface area contributed by atoms with Crippen molar-refractivity contribution in [1.82, 2.24) is 10.2 Å². The third kappa shape index (κ3) is 3.52. The van der Waals surface area contributed by atoms with Crippen molar-refractivity contribution in [3.63, 3.8) is 0 Å². The Morgan fingerprint density at radius 1 is 1.03 bits per heavy atom. The van der Waals surface area contributed by atoms with Crippen LogP contribution in [0.3, 0.4) is 0 Å². The normalized spacial score (nSPS) is 18.6. The van der Waals surface area contributed by atoms with Crippen molar-refractivity contribution < 1.29 is 14.0 Å². The lowest BCUT2D eigenvalue weighted by Crippen LogP contribution is -2.40. The van der Waals surface area contributed by atoms with E-state index in [1.54, 1.807) is 6.92 Å². The highest BCUT2D eigenvalue weighted by atomic mass is 16.4. The maximum atomic E-state index is 13.3. The first-order valence-corrected chi connectivity index (χ1v) is 10.5. The van der Waals surface area contributed by atoms with Gasteiger partial charge < -0.3 is 9.73 Å². The smallest absolute Gasteiger partial charge is 0.336 e. The van der Waals surface area contributed by atoms with Crippen LogP contribution in [0.2, 0.25) is 0 Å². The van der Waals surface area contributed by atoms with E-state index in [9.17, 15) is 14.4 Å². The molecule has 31 heavy (non-hydrogen) atoms. The van der Waals surface area contributed by atoms with E-state index in [1.807, 2.05) is 50.2 Å². The summed E-state index contributed by atoms with van der Waals surface area (Å²) in [6.07, 6.45) is 2.00. The molecule has 1 fully saturated rings. The largest absolute Gasteiger partial charge is 0.422 e. The predicted molar refractivity (Wildman–Crippen MR) is 119 cm³/mol. The average Bonchev–Trinajstić information content (AvgIpc) is 2.95. The lowest BCUT2D eigenvalue weighted by molar-refractivity contribution is -0.131. The van der Waals surface area contributed by atoms with Gasteiger partial charge in [-0.2, -0.15) is 0 Å². The Morgan fingerprint density at radius 2 is 1.74 bits per heavy atom. The highest BCUT2D eigenvalue weighted by Crippen LogP contribution is 2.31. The Hall–Kier alpha value is -3.41. The van der Waals surface area contributed by atoms with Crippen LogP contribution in [0.1, 0.15) is 48.1 Å². The lowest BCUT2D eigenvalue weighted by atomic mass is 9.91. The van der Waals surface area contributed by atoms with Gasteiger partial charge in [0, 0.05) is 11.5 Å². The fourth-order valence-electron chi connectivity index (χ4n) is 4.16. The third-order valence-electron chi connectivity index (χ3n) is 6.19. The molecule has 0 aliphatic carbocycles. The number of fused-ring (bicyclic) bond motifs is 1. The van der Waals surface area contributed by atoms with Gasteiger partial charge in [0.05, 0.1) is 6.54 Å². The number of amides is 3. The van der Waals surface area contributed by atoms with Crippen LogP contribution in [0, 0.1) is 13.8 Å². The number of hydrogen-bond acceptors (Lipinski definition) is 4. The van der Waals surface area contributed by atoms with Gasteiger partial charge in [-0.05, 0) is 55.0 Å². The molecule has 1 aliphatic rings. The summed E-state index contributed by atoms with van der Waals surface area (Å²) in [6.45, 7) is 7.66. The van der Waals surface area contributed by atoms with Crippen molar-refractivity contribution in [1.29, 1.82) is 0 Å². The molecule has 1 saturated heterocycles. The molecule has 160 valence electrons. The van der Waals surface area contributed by atoms with E-state index in [1.165, 1.54) is 16.5 Å². The van der Waals surface area contributed by atoms with Crippen LogP contribution in [0.25, 0.3) is 11.0 Å². The minimum absolute atomic E-state index is 0.00121. The Morgan fingerprint density at radius 3 is 2.42 bits per heavy atom. The first-order valence-electron chi connectivity index (χ1n) is 10.5. The monoisotopic (exact) mass is 418 g/mol. The summed E-state index contributed by atoms with van der Waals surface area (Å²) in [5.41, 5.74) is 3.21. The molecule has 3 amide bonds. The van der Waals surface area contributed by atoms with Crippen molar-refractivity contribution in [2.75, 3.05) is 0 Å². The van der Waals surface area contributed by atoms with Crippen molar-refractivity contribution in [3.05, 3.63) is 80.7 Å². The van der Waals surface area contributed by atoms with Gasteiger partial charge in [-0.15, -0.1) is 0 Å². The maximum absolute atomic E-state index is 13.3. The van der Waals surface area contributed by atoms with Gasteiger partial charge in [0.15, 0.2) is 0 Å².